The minimum Gasteiger partial charge on any atom is -0.400 e. The van der Waals surface area contributed by atoms with E-state index in [0.29, 0.717) is 33.0 Å². The van der Waals surface area contributed by atoms with Gasteiger partial charge in [0.05, 0.1) is 79.6 Å². The summed E-state index contributed by atoms with van der Waals surface area (Å²) in [5.74, 6) is 0.579. The molecule has 2 aromatic rings. The number of aromatic nitrogens is 1. The summed E-state index contributed by atoms with van der Waals surface area (Å²) < 4.78 is 33.9. The molecule has 16 heteroatoms. The summed E-state index contributed by atoms with van der Waals surface area (Å²) in [6.45, 7) is 17.9. The second kappa shape index (κ2) is 20.3. The van der Waals surface area contributed by atoms with E-state index in [1.165, 1.54) is 4.90 Å². The zero-order valence-electron chi connectivity index (χ0n) is 33.6. The molecule has 0 bridgehead atoms. The summed E-state index contributed by atoms with van der Waals surface area (Å²) in [5, 5.41) is 16.2. The van der Waals surface area contributed by atoms with Crippen LogP contribution in [-0.4, -0.2) is 129 Å². The molecule has 3 amide bonds. The normalized spacial score (nSPS) is 19.9. The Balaban J connectivity index is 1.09. The van der Waals surface area contributed by atoms with Gasteiger partial charge in [-0.1, -0.05) is 57.1 Å². The summed E-state index contributed by atoms with van der Waals surface area (Å²) in [6, 6.07) is 6.05. The molecule has 0 radical (unpaired) electrons. The van der Waals surface area contributed by atoms with Gasteiger partial charge in [-0.3, -0.25) is 14.4 Å². The molecule has 2 aliphatic heterocycles. The Kier molecular flexibility index (Phi) is 16.4. The largest absolute Gasteiger partial charge is 0.486 e. The topological polar surface area (TPSA) is 167 Å². The molecule has 3 atom stereocenters. The van der Waals surface area contributed by atoms with Gasteiger partial charge in [0.2, 0.25) is 17.7 Å². The first-order valence-electron chi connectivity index (χ1n) is 18.9. The number of nitrogens with one attached hydrogen (secondary N) is 2. The molecule has 14 nitrogen and oxygen atoms in total. The average molecular weight is 787 g/mol. The highest BCUT2D eigenvalue weighted by molar-refractivity contribution is 7.13. The SMILES string of the molecule is Cc1ncsc1-c1ccc(CNC(=O)[C@@H]2C[C@@H](O)CN2C(=O)[C@@H](NC(=O)COCCOCCOCCOC/C=C/B2OC(C)(C)C(C)(C)O2)C(C)(C)C)cc1. The molecule has 0 unspecified atom stereocenters. The summed E-state index contributed by atoms with van der Waals surface area (Å²) in [7, 11) is -0.393. The van der Waals surface area contributed by atoms with Crippen molar-refractivity contribution >= 4 is 36.2 Å². The number of thiazole rings is 1. The Hall–Kier alpha value is -3.22. The highest BCUT2D eigenvalue weighted by Gasteiger charge is 2.50. The number of amides is 3. The summed E-state index contributed by atoms with van der Waals surface area (Å²) >= 11 is 1.57. The van der Waals surface area contributed by atoms with Crippen molar-refractivity contribution in [2.24, 2.45) is 5.41 Å². The number of carbonyl (C=O) groups excluding carboxylic acids is 3. The molecular formula is C39H59BN4O10S. The summed E-state index contributed by atoms with van der Waals surface area (Å²) in [5.41, 5.74) is 3.31. The van der Waals surface area contributed by atoms with Gasteiger partial charge in [0.15, 0.2) is 0 Å². The van der Waals surface area contributed by atoms with Crippen molar-refractivity contribution < 1.29 is 47.7 Å². The predicted molar refractivity (Wildman–Crippen MR) is 210 cm³/mol. The molecule has 0 aliphatic carbocycles. The van der Waals surface area contributed by atoms with E-state index in [9.17, 15) is 19.5 Å². The maximum Gasteiger partial charge on any atom is 0.486 e. The Bertz CT molecular complexity index is 1560. The smallest absolute Gasteiger partial charge is 0.400 e. The first-order valence-corrected chi connectivity index (χ1v) is 19.7. The van der Waals surface area contributed by atoms with Gasteiger partial charge < -0.3 is 48.9 Å². The number of hydrogen-bond acceptors (Lipinski definition) is 12. The van der Waals surface area contributed by atoms with E-state index in [2.05, 4.69) is 15.6 Å². The minimum absolute atomic E-state index is 0.00626. The lowest BCUT2D eigenvalue weighted by atomic mass is 9.85. The summed E-state index contributed by atoms with van der Waals surface area (Å²) in [6.07, 6.45) is 1.12. The summed E-state index contributed by atoms with van der Waals surface area (Å²) in [4.78, 5) is 46.8. The predicted octanol–water partition coefficient (Wildman–Crippen LogP) is 3.48. The van der Waals surface area contributed by atoms with Crippen LogP contribution >= 0.6 is 11.3 Å². The van der Waals surface area contributed by atoms with Crippen LogP contribution in [0.1, 0.15) is 66.1 Å². The fraction of sp³-hybridized carbons (Fsp3) is 0.641. The number of β-amino-alcohol motifs (C(OH)–C–C–N with tert-alkyl or cyclic N) is 1. The lowest BCUT2D eigenvalue weighted by molar-refractivity contribution is -0.144. The third-order valence-corrected chi connectivity index (χ3v) is 10.8. The minimum atomic E-state index is -0.949. The number of nitrogens with zero attached hydrogens (tertiary/aromatic N) is 2. The van der Waals surface area contributed by atoms with Crippen molar-refractivity contribution in [1.82, 2.24) is 20.5 Å². The van der Waals surface area contributed by atoms with Crippen molar-refractivity contribution in [2.45, 2.75) is 97.7 Å². The van der Waals surface area contributed by atoms with Crippen LogP contribution in [0.2, 0.25) is 0 Å². The third-order valence-electron chi connectivity index (χ3n) is 9.84. The van der Waals surface area contributed by atoms with E-state index in [0.717, 1.165) is 21.7 Å². The van der Waals surface area contributed by atoms with Crippen LogP contribution in [0.4, 0.5) is 0 Å². The molecule has 1 aromatic heterocycles. The van der Waals surface area contributed by atoms with E-state index < -0.39 is 42.5 Å². The van der Waals surface area contributed by atoms with Crippen molar-refractivity contribution in [3.8, 4) is 10.4 Å². The number of ether oxygens (including phenoxy) is 4. The zero-order valence-corrected chi connectivity index (χ0v) is 34.4. The monoisotopic (exact) mass is 786 g/mol. The highest BCUT2D eigenvalue weighted by atomic mass is 32.1. The van der Waals surface area contributed by atoms with Crippen molar-refractivity contribution in [1.29, 1.82) is 0 Å². The van der Waals surface area contributed by atoms with Gasteiger partial charge >= 0.3 is 7.12 Å². The average Bonchev–Trinajstić information content (AvgIpc) is 3.79. The van der Waals surface area contributed by atoms with E-state index in [1.54, 1.807) is 11.3 Å². The maximum atomic E-state index is 13.8. The lowest BCUT2D eigenvalue weighted by Gasteiger charge is -2.35. The molecule has 2 aliphatic rings. The fourth-order valence-corrected chi connectivity index (χ4v) is 6.80. The Morgan fingerprint density at radius 1 is 1.00 bits per heavy atom. The van der Waals surface area contributed by atoms with Gasteiger partial charge in [0.1, 0.15) is 18.7 Å². The van der Waals surface area contributed by atoms with E-state index in [-0.39, 0.29) is 56.4 Å². The van der Waals surface area contributed by atoms with Crippen molar-refractivity contribution in [2.75, 3.05) is 59.4 Å². The van der Waals surface area contributed by atoms with Gasteiger partial charge in [0, 0.05) is 19.5 Å². The fourth-order valence-electron chi connectivity index (χ4n) is 5.99. The molecule has 1 aromatic carbocycles. The molecule has 2 saturated heterocycles. The standard InChI is InChI=1S/C39H59BN4O10S/c1-27-33(55-26-42-27)29-12-10-28(11-13-29)23-41-35(47)31-22-30(45)24-44(31)36(48)34(37(2,3)4)43-32(46)25-52-21-20-51-19-18-50-17-16-49-15-9-14-40-53-38(5,6)39(7,8)54-40/h9-14,26,30-31,34,45H,15-25H2,1-8H3,(H,41,47)(H,43,46)/b14-9+/t30-,31+,34-/m1/s1. The third kappa shape index (κ3) is 13.2. The van der Waals surface area contributed by atoms with Gasteiger partial charge in [-0.2, -0.15) is 0 Å². The van der Waals surface area contributed by atoms with Gasteiger partial charge in [-0.15, -0.1) is 11.3 Å². The van der Waals surface area contributed by atoms with Crippen LogP contribution in [0.15, 0.2) is 41.8 Å². The number of likely N-dealkylation sites (tertiary alicyclic amines) is 1. The highest BCUT2D eigenvalue weighted by Crippen LogP contribution is 2.37. The van der Waals surface area contributed by atoms with E-state index in [1.807, 2.05) is 97.2 Å². The van der Waals surface area contributed by atoms with Gasteiger partial charge in [0.25, 0.3) is 0 Å². The molecule has 0 spiro atoms. The Morgan fingerprint density at radius 3 is 2.18 bits per heavy atom. The number of rotatable bonds is 20. The van der Waals surface area contributed by atoms with E-state index >= 15 is 0 Å². The molecule has 4 rings (SSSR count). The second-order valence-electron chi connectivity index (χ2n) is 15.8. The molecule has 3 heterocycles. The van der Waals surface area contributed by atoms with Crippen LogP contribution in [0.5, 0.6) is 0 Å². The van der Waals surface area contributed by atoms with Crippen LogP contribution < -0.4 is 10.6 Å². The first-order chi connectivity index (χ1) is 26.0. The maximum absolute atomic E-state index is 13.8. The van der Waals surface area contributed by atoms with Crippen LogP contribution in [0.25, 0.3) is 10.4 Å². The van der Waals surface area contributed by atoms with Crippen molar-refractivity contribution in [3.63, 3.8) is 0 Å². The van der Waals surface area contributed by atoms with Gasteiger partial charge in [-0.25, -0.2) is 4.98 Å². The Morgan fingerprint density at radius 2 is 1.60 bits per heavy atom. The number of benzene rings is 1. The van der Waals surface area contributed by atoms with Crippen molar-refractivity contribution in [3.05, 3.63) is 53.1 Å². The molecular weight excluding hydrogens is 727 g/mol. The quantitative estimate of drug-likeness (QED) is 0.133. The number of aliphatic hydroxyl groups excluding tert-OH is 1. The number of carbonyl (C=O) groups is 3. The van der Waals surface area contributed by atoms with Gasteiger partial charge in [-0.05, 0) is 51.2 Å². The Labute approximate surface area is 329 Å². The number of hydrogen-bond donors (Lipinski definition) is 3. The number of aliphatic hydroxyl groups is 1. The van der Waals surface area contributed by atoms with E-state index in [4.69, 9.17) is 28.3 Å². The van der Waals surface area contributed by atoms with Crippen LogP contribution in [0.3, 0.4) is 0 Å². The second-order valence-corrected chi connectivity index (χ2v) is 16.7. The zero-order chi connectivity index (χ0) is 40.2. The molecule has 55 heavy (non-hydrogen) atoms. The lowest BCUT2D eigenvalue weighted by Crippen LogP contribution is -2.58. The number of aryl methyl sites for hydroxylation is 1. The molecule has 304 valence electrons. The first kappa shape index (κ1) is 44.5. The van der Waals surface area contributed by atoms with Crippen LogP contribution in [0, 0.1) is 12.3 Å². The molecule has 2 fully saturated rings. The molecule has 3 N–H and O–H groups in total. The molecule has 0 saturated carbocycles. The van der Waals surface area contributed by atoms with Crippen LogP contribution in [-0.2, 0) is 49.2 Å².